The van der Waals surface area contributed by atoms with E-state index in [4.69, 9.17) is 4.74 Å². The van der Waals surface area contributed by atoms with Crippen molar-refractivity contribution >= 4 is 11.6 Å². The van der Waals surface area contributed by atoms with Crippen LogP contribution in [0.1, 0.15) is 23.9 Å². The number of ether oxygens (including phenoxy) is 1. The number of aliphatic hydroxyl groups is 1. The average Bonchev–Trinajstić information content (AvgIpc) is 3.34. The van der Waals surface area contributed by atoms with Crippen molar-refractivity contribution in [3.05, 3.63) is 114 Å². The maximum atomic E-state index is 12.6. The van der Waals surface area contributed by atoms with Crippen LogP contribution < -0.4 is 15.4 Å². The second kappa shape index (κ2) is 13.4. The fraction of sp³-hybridized carbons (Fsp3) is 0.267. The van der Waals surface area contributed by atoms with Crippen LogP contribution in [0.25, 0.3) is 0 Å². The molecule has 4 rings (SSSR count). The summed E-state index contributed by atoms with van der Waals surface area (Å²) in [5.74, 6) is 1.38. The number of imidazole rings is 1. The van der Waals surface area contributed by atoms with Gasteiger partial charge >= 0.3 is 0 Å². The molecule has 0 bridgehead atoms. The van der Waals surface area contributed by atoms with Crippen molar-refractivity contribution in [2.24, 2.45) is 0 Å². The Hall–Kier alpha value is -3.94. The normalized spacial score (nSPS) is 12.6. The summed E-state index contributed by atoms with van der Waals surface area (Å²) in [6.45, 7) is 3.45. The highest BCUT2D eigenvalue weighted by Gasteiger charge is 2.11. The minimum atomic E-state index is -0.594. The average molecular weight is 499 g/mol. The third-order valence-electron chi connectivity index (χ3n) is 5.98. The second-order valence-corrected chi connectivity index (χ2v) is 9.17. The topological polar surface area (TPSA) is 88.4 Å². The predicted molar refractivity (Wildman–Crippen MR) is 146 cm³/mol. The molecular formula is C30H34N4O3. The Morgan fingerprint density at radius 2 is 1.68 bits per heavy atom. The number of benzene rings is 3. The molecule has 1 unspecified atom stereocenters. The quantitative estimate of drug-likeness (QED) is 0.259. The van der Waals surface area contributed by atoms with Crippen LogP contribution in [0.3, 0.4) is 0 Å². The molecule has 0 aliphatic rings. The lowest BCUT2D eigenvalue weighted by Crippen LogP contribution is -2.37. The Kier molecular flexibility index (Phi) is 9.46. The molecule has 2 atom stereocenters. The van der Waals surface area contributed by atoms with Gasteiger partial charge in [0.2, 0.25) is 5.91 Å². The highest BCUT2D eigenvalue weighted by atomic mass is 16.5. The predicted octanol–water partition coefficient (Wildman–Crippen LogP) is 4.07. The number of para-hydroxylation sites is 1. The van der Waals surface area contributed by atoms with E-state index in [1.54, 1.807) is 6.20 Å². The molecule has 0 radical (unpaired) electrons. The van der Waals surface area contributed by atoms with Crippen LogP contribution in [-0.4, -0.2) is 45.9 Å². The first kappa shape index (κ1) is 26.1. The van der Waals surface area contributed by atoms with Gasteiger partial charge in [-0.25, -0.2) is 4.98 Å². The van der Waals surface area contributed by atoms with Crippen molar-refractivity contribution in [2.45, 2.75) is 38.5 Å². The highest BCUT2D eigenvalue weighted by Crippen LogP contribution is 2.13. The van der Waals surface area contributed by atoms with Crippen LogP contribution in [0, 0.1) is 0 Å². The monoisotopic (exact) mass is 498 g/mol. The Bertz CT molecular complexity index is 1230. The molecule has 3 aromatic carbocycles. The number of anilines is 1. The minimum absolute atomic E-state index is 0.102. The summed E-state index contributed by atoms with van der Waals surface area (Å²) in [4.78, 5) is 17.0. The molecule has 1 aromatic heterocycles. The van der Waals surface area contributed by atoms with Crippen LogP contribution in [0.4, 0.5) is 5.69 Å². The van der Waals surface area contributed by atoms with Crippen LogP contribution in [0.15, 0.2) is 97.3 Å². The van der Waals surface area contributed by atoms with Gasteiger partial charge in [0, 0.05) is 37.2 Å². The standard InChI is InChI=1S/C30H34N4O3/c1-23(32-20-27(35)22-37-28-10-6-3-7-11-28)18-24-12-14-26(15-13-24)33-30(36)19-29-31-16-17-34(29)21-25-8-4-2-5-9-25/h2-17,23,27,32,35H,18-22H2,1H3,(H,33,36)/t23?,27-/m0/s1. The number of nitrogens with one attached hydrogen (secondary N) is 2. The van der Waals surface area contributed by atoms with E-state index in [-0.39, 0.29) is 25.0 Å². The van der Waals surface area contributed by atoms with E-state index in [9.17, 15) is 9.90 Å². The van der Waals surface area contributed by atoms with Gasteiger partial charge in [0.25, 0.3) is 0 Å². The van der Waals surface area contributed by atoms with E-state index in [1.165, 1.54) is 0 Å². The van der Waals surface area contributed by atoms with Crippen LogP contribution in [-0.2, 0) is 24.2 Å². The molecule has 0 saturated heterocycles. The van der Waals surface area contributed by atoms with E-state index in [0.29, 0.717) is 13.1 Å². The van der Waals surface area contributed by atoms with E-state index < -0.39 is 6.10 Å². The van der Waals surface area contributed by atoms with Crippen molar-refractivity contribution in [1.29, 1.82) is 0 Å². The Balaban J connectivity index is 1.19. The third kappa shape index (κ3) is 8.59. The lowest BCUT2D eigenvalue weighted by molar-refractivity contribution is -0.115. The van der Waals surface area contributed by atoms with E-state index in [0.717, 1.165) is 34.8 Å². The smallest absolute Gasteiger partial charge is 0.231 e. The summed E-state index contributed by atoms with van der Waals surface area (Å²) in [5, 5.41) is 16.5. The first-order valence-corrected chi connectivity index (χ1v) is 12.6. The summed E-state index contributed by atoms with van der Waals surface area (Å²) in [7, 11) is 0. The fourth-order valence-electron chi connectivity index (χ4n) is 4.04. The lowest BCUT2D eigenvalue weighted by atomic mass is 10.1. The number of aliphatic hydroxyl groups excluding tert-OH is 1. The summed E-state index contributed by atoms with van der Waals surface area (Å²) < 4.78 is 7.60. The van der Waals surface area contributed by atoms with Gasteiger partial charge in [0.15, 0.2) is 0 Å². The third-order valence-corrected chi connectivity index (χ3v) is 5.98. The lowest BCUT2D eigenvalue weighted by Gasteiger charge is -2.18. The number of hydrogen-bond acceptors (Lipinski definition) is 5. The number of rotatable bonds is 13. The van der Waals surface area contributed by atoms with E-state index in [2.05, 4.69) is 34.7 Å². The van der Waals surface area contributed by atoms with Crippen LogP contribution in [0.2, 0.25) is 0 Å². The molecule has 7 nitrogen and oxygen atoms in total. The Morgan fingerprint density at radius 1 is 0.973 bits per heavy atom. The minimum Gasteiger partial charge on any atom is -0.491 e. The number of amides is 1. The number of carbonyl (C=O) groups is 1. The number of nitrogens with zero attached hydrogens (tertiary/aromatic N) is 2. The SMILES string of the molecule is CC(Cc1ccc(NC(=O)Cc2nccn2Cc2ccccc2)cc1)NC[C@H](O)COc1ccccc1. The number of aromatic nitrogens is 2. The summed E-state index contributed by atoms with van der Waals surface area (Å²) >= 11 is 0. The van der Waals surface area contributed by atoms with Crippen molar-refractivity contribution in [3.63, 3.8) is 0 Å². The second-order valence-electron chi connectivity index (χ2n) is 9.17. The zero-order chi connectivity index (χ0) is 25.9. The zero-order valence-corrected chi connectivity index (χ0v) is 21.1. The molecule has 1 amide bonds. The van der Waals surface area contributed by atoms with Gasteiger partial charge in [-0.15, -0.1) is 0 Å². The molecule has 0 spiro atoms. The van der Waals surface area contributed by atoms with Gasteiger partial charge in [-0.3, -0.25) is 4.79 Å². The molecular weight excluding hydrogens is 464 g/mol. The Morgan fingerprint density at radius 3 is 2.41 bits per heavy atom. The van der Waals surface area contributed by atoms with Crippen molar-refractivity contribution in [1.82, 2.24) is 14.9 Å². The first-order valence-electron chi connectivity index (χ1n) is 12.6. The van der Waals surface area contributed by atoms with Crippen molar-refractivity contribution in [2.75, 3.05) is 18.5 Å². The molecule has 37 heavy (non-hydrogen) atoms. The molecule has 7 heteroatoms. The van der Waals surface area contributed by atoms with Crippen LogP contribution >= 0.6 is 0 Å². The molecule has 0 fully saturated rings. The van der Waals surface area contributed by atoms with Gasteiger partial charge < -0.3 is 25.0 Å². The first-order chi connectivity index (χ1) is 18.0. The van der Waals surface area contributed by atoms with Gasteiger partial charge in [0.05, 0.1) is 6.42 Å². The molecule has 4 aromatic rings. The molecule has 192 valence electrons. The largest absolute Gasteiger partial charge is 0.491 e. The molecule has 1 heterocycles. The fourth-order valence-corrected chi connectivity index (χ4v) is 4.04. The molecule has 0 aliphatic carbocycles. The van der Waals surface area contributed by atoms with Crippen molar-refractivity contribution in [3.8, 4) is 5.75 Å². The molecule has 3 N–H and O–H groups in total. The van der Waals surface area contributed by atoms with Crippen LogP contribution in [0.5, 0.6) is 5.75 Å². The van der Waals surface area contributed by atoms with Crippen molar-refractivity contribution < 1.29 is 14.6 Å². The molecule has 0 saturated carbocycles. The zero-order valence-electron chi connectivity index (χ0n) is 21.1. The summed E-state index contributed by atoms with van der Waals surface area (Å²) in [6.07, 6.45) is 4.04. The highest BCUT2D eigenvalue weighted by molar-refractivity contribution is 5.91. The van der Waals surface area contributed by atoms with Gasteiger partial charge in [-0.05, 0) is 48.7 Å². The van der Waals surface area contributed by atoms with Gasteiger partial charge in [0.1, 0.15) is 24.3 Å². The number of hydrogen-bond donors (Lipinski definition) is 3. The Labute approximate surface area is 218 Å². The van der Waals surface area contributed by atoms with Gasteiger partial charge in [-0.1, -0.05) is 60.7 Å². The summed E-state index contributed by atoms with van der Waals surface area (Å²) in [6, 6.07) is 27.6. The van der Waals surface area contributed by atoms with Gasteiger partial charge in [-0.2, -0.15) is 0 Å². The molecule has 0 aliphatic heterocycles. The maximum Gasteiger partial charge on any atom is 0.231 e. The summed E-state index contributed by atoms with van der Waals surface area (Å²) in [5.41, 5.74) is 3.06. The van der Waals surface area contributed by atoms with E-state index >= 15 is 0 Å². The van der Waals surface area contributed by atoms with E-state index in [1.807, 2.05) is 83.6 Å². The number of carbonyl (C=O) groups excluding carboxylic acids is 1. The maximum absolute atomic E-state index is 12.6.